The number of unbranched alkanes of at least 4 members (excludes halogenated alkanes) is 1. The second-order valence-corrected chi connectivity index (χ2v) is 10.6. The predicted octanol–water partition coefficient (Wildman–Crippen LogP) is 7.82. The lowest BCUT2D eigenvalue weighted by atomic mass is 9.75. The molecule has 192 valence electrons. The van der Waals surface area contributed by atoms with Crippen molar-refractivity contribution >= 4 is 11.1 Å². The van der Waals surface area contributed by atoms with E-state index in [1.807, 2.05) is 12.3 Å². The predicted molar refractivity (Wildman–Crippen MR) is 146 cm³/mol. The number of nitrogens with one attached hydrogen (secondary N) is 1. The molecule has 2 aliphatic carbocycles. The average molecular weight is 491 g/mol. The number of rotatable bonds is 8. The number of hydrogen-bond donors (Lipinski definition) is 1. The molecule has 0 bridgehead atoms. The fourth-order valence-corrected chi connectivity index (χ4v) is 5.92. The van der Waals surface area contributed by atoms with Crippen LogP contribution in [0.1, 0.15) is 92.7 Å². The second-order valence-electron chi connectivity index (χ2n) is 10.6. The van der Waals surface area contributed by atoms with Crippen LogP contribution in [0, 0.1) is 30.6 Å². The van der Waals surface area contributed by atoms with E-state index in [9.17, 15) is 8.78 Å². The quantitative estimate of drug-likeness (QED) is 0.382. The fourth-order valence-electron chi connectivity index (χ4n) is 5.92. The van der Waals surface area contributed by atoms with E-state index in [0.29, 0.717) is 18.4 Å². The summed E-state index contributed by atoms with van der Waals surface area (Å²) >= 11 is 0. The molecule has 0 saturated heterocycles. The molecule has 0 aliphatic heterocycles. The summed E-state index contributed by atoms with van der Waals surface area (Å²) in [6, 6.07) is 10.2. The summed E-state index contributed by atoms with van der Waals surface area (Å²) < 4.78 is 25.8. The molecule has 4 heteroatoms. The van der Waals surface area contributed by atoms with Crippen LogP contribution >= 0.6 is 0 Å². The first-order valence-electron chi connectivity index (χ1n) is 13.7. The maximum Gasteiger partial charge on any atom is 0.107 e. The minimum atomic E-state index is -0.761. The number of hydrogen-bond acceptors (Lipinski definition) is 2. The van der Waals surface area contributed by atoms with E-state index in [4.69, 9.17) is 4.98 Å². The summed E-state index contributed by atoms with van der Waals surface area (Å²) in [5.74, 6) is 8.78. The summed E-state index contributed by atoms with van der Waals surface area (Å²) in [5, 5.41) is 2.93. The molecule has 1 fully saturated rings. The molecule has 1 aromatic carbocycles. The Morgan fingerprint density at radius 3 is 2.56 bits per heavy atom. The molecule has 1 saturated carbocycles. The van der Waals surface area contributed by atoms with Crippen LogP contribution in [0.15, 0.2) is 36.5 Å². The normalized spacial score (nSPS) is 20.3. The van der Waals surface area contributed by atoms with Crippen LogP contribution in [0.3, 0.4) is 0 Å². The van der Waals surface area contributed by atoms with Crippen molar-refractivity contribution in [1.29, 1.82) is 0 Å². The lowest BCUT2D eigenvalue weighted by Gasteiger charge is -2.29. The van der Waals surface area contributed by atoms with E-state index >= 15 is 0 Å². The van der Waals surface area contributed by atoms with Crippen LogP contribution < -0.4 is 5.32 Å². The topological polar surface area (TPSA) is 24.9 Å². The molecule has 0 radical (unpaired) electrons. The number of alkyl halides is 2. The van der Waals surface area contributed by atoms with Gasteiger partial charge in [0, 0.05) is 24.7 Å². The van der Waals surface area contributed by atoms with Crippen molar-refractivity contribution in [3.8, 4) is 11.8 Å². The standard InChI is InChI=1S/C32H40F2N2/c1-4-5-6-11-28-30-16-22(2)12-14-27(30)23(3)29(25-9-7-8-10-25)17-31(28)32-15-13-24(21-36-32)20-35-26(18-33)19-34/h12-16,21,23,25-26,29,35H,4-5,7-10,17-20H2,1-3H3. The van der Waals surface area contributed by atoms with Crippen molar-refractivity contribution in [2.45, 2.75) is 84.2 Å². The van der Waals surface area contributed by atoms with Gasteiger partial charge >= 0.3 is 0 Å². The van der Waals surface area contributed by atoms with E-state index in [2.05, 4.69) is 62.2 Å². The number of aromatic nitrogens is 1. The van der Waals surface area contributed by atoms with E-state index < -0.39 is 19.4 Å². The minimum absolute atomic E-state index is 0.401. The third-order valence-corrected chi connectivity index (χ3v) is 8.05. The first kappa shape index (κ1) is 26.6. The monoisotopic (exact) mass is 490 g/mol. The summed E-state index contributed by atoms with van der Waals surface area (Å²) in [4.78, 5) is 4.88. The zero-order valence-corrected chi connectivity index (χ0v) is 22.0. The largest absolute Gasteiger partial charge is 0.305 e. The molecule has 36 heavy (non-hydrogen) atoms. The summed E-state index contributed by atoms with van der Waals surface area (Å²) in [7, 11) is 0. The van der Waals surface area contributed by atoms with E-state index in [-0.39, 0.29) is 0 Å². The lowest BCUT2D eigenvalue weighted by Crippen LogP contribution is -2.32. The Labute approximate surface area is 216 Å². The number of benzene rings is 1. The molecule has 0 amide bonds. The first-order valence-corrected chi connectivity index (χ1v) is 13.7. The van der Waals surface area contributed by atoms with Crippen LogP contribution in [-0.2, 0) is 6.54 Å². The molecular formula is C32H40F2N2. The van der Waals surface area contributed by atoms with Crippen molar-refractivity contribution in [2.24, 2.45) is 11.8 Å². The Morgan fingerprint density at radius 2 is 1.89 bits per heavy atom. The van der Waals surface area contributed by atoms with Gasteiger partial charge in [-0.3, -0.25) is 4.98 Å². The van der Waals surface area contributed by atoms with Crippen LogP contribution in [0.25, 0.3) is 11.1 Å². The van der Waals surface area contributed by atoms with Gasteiger partial charge in [0.1, 0.15) is 13.3 Å². The maximum atomic E-state index is 12.9. The van der Waals surface area contributed by atoms with Crippen LogP contribution in [0.4, 0.5) is 8.78 Å². The highest BCUT2D eigenvalue weighted by Crippen LogP contribution is 2.49. The highest BCUT2D eigenvalue weighted by molar-refractivity contribution is 5.99. The molecular weight excluding hydrogens is 450 g/mol. The minimum Gasteiger partial charge on any atom is -0.305 e. The van der Waals surface area contributed by atoms with Crippen LogP contribution in [0.5, 0.6) is 0 Å². The van der Waals surface area contributed by atoms with Gasteiger partial charge in [0.15, 0.2) is 0 Å². The van der Waals surface area contributed by atoms with Gasteiger partial charge in [-0.25, -0.2) is 8.78 Å². The van der Waals surface area contributed by atoms with Gasteiger partial charge in [-0.05, 0) is 65.8 Å². The number of fused-ring (bicyclic) bond motifs is 1. The van der Waals surface area contributed by atoms with Crippen molar-refractivity contribution in [1.82, 2.24) is 10.3 Å². The molecule has 2 aromatic rings. The Bertz CT molecular complexity index is 1100. The Kier molecular flexibility index (Phi) is 9.32. The third kappa shape index (κ3) is 6.06. The highest BCUT2D eigenvalue weighted by Gasteiger charge is 2.35. The van der Waals surface area contributed by atoms with Gasteiger partial charge in [0.05, 0.1) is 11.7 Å². The van der Waals surface area contributed by atoms with Gasteiger partial charge in [-0.2, -0.15) is 0 Å². The lowest BCUT2D eigenvalue weighted by molar-refractivity contribution is 0.301. The number of nitrogens with zero attached hydrogens (tertiary/aromatic N) is 1. The Hall–Kier alpha value is -2.51. The van der Waals surface area contributed by atoms with Gasteiger partial charge in [-0.15, -0.1) is 0 Å². The third-order valence-electron chi connectivity index (χ3n) is 8.05. The molecule has 1 heterocycles. The summed E-state index contributed by atoms with van der Waals surface area (Å²) in [5.41, 5.74) is 8.20. The van der Waals surface area contributed by atoms with Crippen molar-refractivity contribution in [3.05, 3.63) is 64.5 Å². The SMILES string of the molecule is CCCC#CC1=C(c2ccc(CNC(CF)CF)cn2)CC(C2CCCC2)C(C)c2ccc(C)cc21. The number of pyridine rings is 1. The molecule has 2 aliphatic rings. The average Bonchev–Trinajstić information content (AvgIpc) is 3.40. The molecule has 2 nitrogen and oxygen atoms in total. The molecule has 1 aromatic heterocycles. The smallest absolute Gasteiger partial charge is 0.107 e. The zero-order chi connectivity index (χ0) is 25.5. The molecule has 0 spiro atoms. The van der Waals surface area contributed by atoms with Gasteiger partial charge in [0.25, 0.3) is 0 Å². The second kappa shape index (κ2) is 12.6. The summed E-state index contributed by atoms with van der Waals surface area (Å²) in [6.45, 7) is 5.70. The molecule has 2 unspecified atom stereocenters. The van der Waals surface area contributed by atoms with Gasteiger partial charge in [0.2, 0.25) is 0 Å². The summed E-state index contributed by atoms with van der Waals surface area (Å²) in [6.07, 6.45) is 10.0. The maximum absolute atomic E-state index is 12.9. The van der Waals surface area contributed by atoms with Crippen molar-refractivity contribution < 1.29 is 8.78 Å². The van der Waals surface area contributed by atoms with Gasteiger partial charge < -0.3 is 5.32 Å². The highest BCUT2D eigenvalue weighted by atomic mass is 19.1. The van der Waals surface area contributed by atoms with Crippen molar-refractivity contribution in [2.75, 3.05) is 13.3 Å². The molecule has 2 atom stereocenters. The first-order chi connectivity index (χ1) is 17.5. The number of aryl methyl sites for hydroxylation is 1. The van der Waals surface area contributed by atoms with E-state index in [1.165, 1.54) is 47.9 Å². The van der Waals surface area contributed by atoms with Crippen molar-refractivity contribution in [3.63, 3.8) is 0 Å². The van der Waals surface area contributed by atoms with E-state index in [1.54, 1.807) is 0 Å². The Morgan fingerprint density at radius 1 is 1.11 bits per heavy atom. The molecule has 1 N–H and O–H groups in total. The van der Waals surface area contributed by atoms with Gasteiger partial charge in [-0.1, -0.05) is 81.2 Å². The number of allylic oxidation sites excluding steroid dienone is 2. The number of halogens is 2. The van der Waals surface area contributed by atoms with E-state index in [0.717, 1.165) is 42.0 Å². The van der Waals surface area contributed by atoms with Crippen LogP contribution in [0.2, 0.25) is 0 Å². The zero-order valence-electron chi connectivity index (χ0n) is 22.0. The molecule has 4 rings (SSSR count). The fraction of sp³-hybridized carbons (Fsp3) is 0.531. The van der Waals surface area contributed by atoms with Crippen LogP contribution in [-0.4, -0.2) is 24.4 Å². The Balaban J connectivity index is 1.78.